The van der Waals surface area contributed by atoms with Gasteiger partial charge in [0.15, 0.2) is 5.82 Å². The van der Waals surface area contributed by atoms with Crippen LogP contribution >= 0.6 is 0 Å². The molecule has 1 saturated heterocycles. The third kappa shape index (κ3) is 6.10. The van der Waals surface area contributed by atoms with E-state index >= 15 is 0 Å². The van der Waals surface area contributed by atoms with Crippen molar-refractivity contribution < 1.29 is 4.74 Å². The molecule has 1 unspecified atom stereocenters. The van der Waals surface area contributed by atoms with E-state index in [1.807, 2.05) is 37.3 Å². The monoisotopic (exact) mass is 447 g/mol. The van der Waals surface area contributed by atoms with Crippen molar-refractivity contribution in [2.45, 2.75) is 20.3 Å². The van der Waals surface area contributed by atoms with Crippen molar-refractivity contribution >= 4 is 23.6 Å². The van der Waals surface area contributed by atoms with Gasteiger partial charge in [0.2, 0.25) is 5.96 Å². The molecule has 2 aliphatic rings. The highest BCUT2D eigenvalue weighted by Crippen LogP contribution is 2.20. The molecule has 8 heteroatoms. The summed E-state index contributed by atoms with van der Waals surface area (Å²) in [6, 6.07) is 9.94. The molecular formula is C25H33N7O. The third-order valence-electron chi connectivity index (χ3n) is 5.95. The van der Waals surface area contributed by atoms with Crippen molar-refractivity contribution in [3.63, 3.8) is 0 Å². The Bertz CT molecular complexity index is 1060. The van der Waals surface area contributed by atoms with Crippen LogP contribution in [-0.4, -0.2) is 72.0 Å². The summed E-state index contributed by atoms with van der Waals surface area (Å²) in [6.07, 6.45) is 7.28. The lowest BCUT2D eigenvalue weighted by atomic mass is 9.99. The Hall–Kier alpha value is -3.39. The zero-order valence-corrected chi connectivity index (χ0v) is 19.9. The Kier molecular flexibility index (Phi) is 7.24. The lowest BCUT2D eigenvalue weighted by Crippen LogP contribution is -2.43. The van der Waals surface area contributed by atoms with Crippen LogP contribution in [0, 0.1) is 12.8 Å². The highest BCUT2D eigenvalue weighted by atomic mass is 16.5. The first kappa shape index (κ1) is 22.8. The van der Waals surface area contributed by atoms with E-state index in [1.54, 1.807) is 7.11 Å². The van der Waals surface area contributed by atoms with Gasteiger partial charge in [0, 0.05) is 49.6 Å². The maximum atomic E-state index is 5.26. The number of hydrogen-bond donors (Lipinski definition) is 2. The molecule has 2 aliphatic heterocycles. The molecule has 174 valence electrons. The quantitative estimate of drug-likeness (QED) is 0.729. The van der Waals surface area contributed by atoms with Gasteiger partial charge in [0.05, 0.1) is 7.11 Å². The Labute approximate surface area is 195 Å². The van der Waals surface area contributed by atoms with Gasteiger partial charge in [-0.05, 0) is 50.2 Å². The largest absolute Gasteiger partial charge is 0.497 e. The fraction of sp³-hybridized carbons (Fsp3) is 0.400. The van der Waals surface area contributed by atoms with Crippen molar-refractivity contribution in [3.8, 4) is 5.75 Å². The minimum absolute atomic E-state index is 0.246. The number of likely N-dealkylation sites (N-methyl/N-ethyl adjacent to an activating group) is 1. The highest BCUT2D eigenvalue weighted by molar-refractivity contribution is 6.09. The van der Waals surface area contributed by atoms with Crippen molar-refractivity contribution in [1.82, 2.24) is 20.0 Å². The number of ether oxygens (including phenoxy) is 1. The van der Waals surface area contributed by atoms with E-state index < -0.39 is 0 Å². The molecule has 33 heavy (non-hydrogen) atoms. The van der Waals surface area contributed by atoms with Crippen LogP contribution in [0.25, 0.3) is 6.08 Å². The fourth-order valence-corrected chi connectivity index (χ4v) is 3.80. The summed E-state index contributed by atoms with van der Waals surface area (Å²) in [4.78, 5) is 14.6. The molecule has 2 N–H and O–H groups in total. The lowest BCUT2D eigenvalue weighted by Gasteiger charge is -2.34. The van der Waals surface area contributed by atoms with Gasteiger partial charge in [-0.2, -0.15) is 10.1 Å². The Morgan fingerprint density at radius 2 is 1.85 bits per heavy atom. The van der Waals surface area contributed by atoms with Crippen molar-refractivity contribution in [1.29, 1.82) is 0 Å². The molecule has 4 rings (SSSR count). The average molecular weight is 448 g/mol. The molecule has 0 radical (unpaired) electrons. The molecule has 3 heterocycles. The number of aliphatic imine (C=N–C) groups is 2. The number of aromatic nitrogens is 2. The molecule has 1 aromatic carbocycles. The zero-order chi connectivity index (χ0) is 23.2. The average Bonchev–Trinajstić information content (AvgIpc) is 3.23. The summed E-state index contributed by atoms with van der Waals surface area (Å²) in [5, 5.41) is 10.6. The van der Waals surface area contributed by atoms with Crippen LogP contribution in [0.3, 0.4) is 0 Å². The van der Waals surface area contributed by atoms with Crippen LogP contribution in [0.5, 0.6) is 5.75 Å². The van der Waals surface area contributed by atoms with Gasteiger partial charge < -0.3 is 19.9 Å². The van der Waals surface area contributed by atoms with Gasteiger partial charge in [-0.3, -0.25) is 5.10 Å². The van der Waals surface area contributed by atoms with Crippen molar-refractivity contribution in [2.75, 3.05) is 45.7 Å². The standard InChI is InChI=1S/C25H33N7O/c1-18-5-12-24(32-15-13-31(3)14-16-32)28-25(27-23-17-19(2)29-30-23)26-22(18)11-8-20-6-9-21(33-4)10-7-20/h6-12,17-18H,5,13-16H2,1-4H3,(H2,27,28,29,30)/b11-8+,24-12-,26-22-. The van der Waals surface area contributed by atoms with E-state index in [-0.39, 0.29) is 5.92 Å². The van der Waals surface area contributed by atoms with E-state index in [0.717, 1.165) is 61.1 Å². The molecule has 0 saturated carbocycles. The van der Waals surface area contributed by atoms with Crippen LogP contribution < -0.4 is 10.1 Å². The second kappa shape index (κ2) is 10.5. The Morgan fingerprint density at radius 3 is 2.52 bits per heavy atom. The Morgan fingerprint density at radius 1 is 1.09 bits per heavy atom. The normalized spacial score (nSPS) is 24.8. The van der Waals surface area contributed by atoms with Crippen LogP contribution in [0.4, 0.5) is 5.82 Å². The van der Waals surface area contributed by atoms with Crippen molar-refractivity contribution in [3.05, 3.63) is 59.6 Å². The topological polar surface area (TPSA) is 81.1 Å². The first-order valence-electron chi connectivity index (χ1n) is 11.4. The maximum absolute atomic E-state index is 5.26. The minimum Gasteiger partial charge on any atom is -0.497 e. The number of aryl methyl sites for hydroxylation is 1. The van der Waals surface area contributed by atoms with E-state index in [0.29, 0.717) is 11.8 Å². The molecule has 0 bridgehead atoms. The molecule has 2 aromatic rings. The number of nitrogens with one attached hydrogen (secondary N) is 2. The number of methoxy groups -OCH3 is 1. The number of anilines is 1. The number of H-pyrrole nitrogens is 1. The molecule has 0 amide bonds. The Balaban J connectivity index is 1.62. The van der Waals surface area contributed by atoms with Crippen LogP contribution in [-0.2, 0) is 0 Å². The van der Waals surface area contributed by atoms with Gasteiger partial charge in [-0.15, -0.1) is 0 Å². The molecule has 0 spiro atoms. The number of allylic oxidation sites excluding steroid dienone is 2. The van der Waals surface area contributed by atoms with E-state index in [2.05, 4.69) is 57.5 Å². The first-order valence-corrected chi connectivity index (χ1v) is 11.4. The smallest absolute Gasteiger partial charge is 0.230 e. The number of benzene rings is 1. The van der Waals surface area contributed by atoms with E-state index in [1.165, 1.54) is 0 Å². The molecule has 1 atom stereocenters. The SMILES string of the molecule is COc1ccc(/C=C/C2=N/C(Nc3cc(C)[nH]n3)=N\C(N3CCN(C)CC3)=C\CC2C)cc1. The molecule has 0 aliphatic carbocycles. The third-order valence-corrected chi connectivity index (χ3v) is 5.95. The van der Waals surface area contributed by atoms with Crippen LogP contribution in [0.2, 0.25) is 0 Å². The highest BCUT2D eigenvalue weighted by Gasteiger charge is 2.20. The van der Waals surface area contributed by atoms with Gasteiger partial charge in [-0.1, -0.05) is 25.1 Å². The van der Waals surface area contributed by atoms with Gasteiger partial charge in [0.25, 0.3) is 0 Å². The fourth-order valence-electron chi connectivity index (χ4n) is 3.80. The van der Waals surface area contributed by atoms with Gasteiger partial charge in [-0.25, -0.2) is 4.99 Å². The number of rotatable bonds is 5. The minimum atomic E-state index is 0.246. The molecule has 1 fully saturated rings. The molecule has 1 aromatic heterocycles. The predicted octanol–water partition coefficient (Wildman–Crippen LogP) is 3.78. The number of hydrogen-bond acceptors (Lipinski definition) is 7. The first-order chi connectivity index (χ1) is 16.0. The molecule has 8 nitrogen and oxygen atoms in total. The lowest BCUT2D eigenvalue weighted by molar-refractivity contribution is 0.184. The zero-order valence-electron chi connectivity index (χ0n) is 19.9. The maximum Gasteiger partial charge on any atom is 0.230 e. The summed E-state index contributed by atoms with van der Waals surface area (Å²) in [5.41, 5.74) is 3.05. The number of piperazine rings is 1. The summed E-state index contributed by atoms with van der Waals surface area (Å²) < 4.78 is 5.26. The van der Waals surface area contributed by atoms with Gasteiger partial charge in [0.1, 0.15) is 11.6 Å². The van der Waals surface area contributed by atoms with Gasteiger partial charge >= 0.3 is 0 Å². The van der Waals surface area contributed by atoms with Crippen LogP contribution in [0.1, 0.15) is 24.6 Å². The summed E-state index contributed by atoms with van der Waals surface area (Å²) in [6.45, 7) is 8.16. The predicted molar refractivity (Wildman–Crippen MR) is 135 cm³/mol. The summed E-state index contributed by atoms with van der Waals surface area (Å²) in [7, 11) is 3.84. The number of aromatic amines is 1. The summed E-state index contributed by atoms with van der Waals surface area (Å²) in [5.74, 6) is 3.33. The van der Waals surface area contributed by atoms with E-state index in [4.69, 9.17) is 14.7 Å². The van der Waals surface area contributed by atoms with E-state index in [9.17, 15) is 0 Å². The molecular weight excluding hydrogens is 414 g/mol. The number of nitrogens with zero attached hydrogens (tertiary/aromatic N) is 5. The second-order valence-electron chi connectivity index (χ2n) is 8.63. The second-order valence-corrected chi connectivity index (χ2v) is 8.63. The summed E-state index contributed by atoms with van der Waals surface area (Å²) >= 11 is 0. The van der Waals surface area contributed by atoms with Crippen molar-refractivity contribution in [2.24, 2.45) is 15.9 Å². The number of guanidine groups is 1. The van der Waals surface area contributed by atoms with Crippen LogP contribution in [0.15, 0.2) is 58.3 Å².